The number of Topliss-reactive ketones (excluding diaryl/α,β-unsaturated/α-hetero) is 1. The van der Waals surface area contributed by atoms with Crippen molar-refractivity contribution in [2.45, 2.75) is 19.4 Å². The number of benzene rings is 2. The Hall–Kier alpha value is -3.12. The van der Waals surface area contributed by atoms with Crippen molar-refractivity contribution in [1.29, 1.82) is 0 Å². The van der Waals surface area contributed by atoms with E-state index in [2.05, 4.69) is 9.88 Å². The summed E-state index contributed by atoms with van der Waals surface area (Å²) in [4.78, 5) is 19.5. The molecule has 3 heterocycles. The molecule has 1 fully saturated rings. The zero-order valence-electron chi connectivity index (χ0n) is 16.7. The number of carbonyl (C=O) groups excluding carboxylic acids is 1. The molecule has 154 valence electrons. The van der Waals surface area contributed by atoms with E-state index in [0.29, 0.717) is 42.6 Å². The lowest BCUT2D eigenvalue weighted by Crippen LogP contribution is -2.36. The Morgan fingerprint density at radius 1 is 1.07 bits per heavy atom. The van der Waals surface area contributed by atoms with E-state index in [0.717, 1.165) is 42.3 Å². The summed E-state index contributed by atoms with van der Waals surface area (Å²) in [5.74, 6) is 1.84. The van der Waals surface area contributed by atoms with Gasteiger partial charge in [-0.05, 0) is 61.6 Å². The Bertz CT molecular complexity index is 1090. The fraction of sp³-hybridized carbons (Fsp3) is 0.333. The lowest BCUT2D eigenvalue weighted by Gasteiger charge is -2.31. The fourth-order valence-corrected chi connectivity index (χ4v) is 4.39. The number of pyridine rings is 1. The normalized spacial score (nSPS) is 17.2. The molecule has 1 N–H and O–H groups in total. The number of hydrogen-bond acceptors (Lipinski definition) is 6. The SMILES string of the molecule is O=C(c1ccc2c(c1)OCCO2)C1CCN(Cc2c(O)ccc3ccncc23)CC1. The molecule has 2 aromatic carbocycles. The van der Waals surface area contributed by atoms with Gasteiger partial charge in [-0.1, -0.05) is 6.07 Å². The van der Waals surface area contributed by atoms with Crippen molar-refractivity contribution in [3.8, 4) is 17.2 Å². The third kappa shape index (κ3) is 3.59. The molecule has 1 saturated heterocycles. The number of rotatable bonds is 4. The molecule has 2 aliphatic rings. The van der Waals surface area contributed by atoms with Crippen LogP contribution in [0.4, 0.5) is 0 Å². The molecule has 6 nitrogen and oxygen atoms in total. The first-order chi connectivity index (χ1) is 14.7. The Morgan fingerprint density at radius 2 is 1.87 bits per heavy atom. The molecule has 0 amide bonds. The Balaban J connectivity index is 1.26. The average molecular weight is 404 g/mol. The van der Waals surface area contributed by atoms with Crippen molar-refractivity contribution in [3.05, 3.63) is 59.9 Å². The highest BCUT2D eigenvalue weighted by Crippen LogP contribution is 2.33. The van der Waals surface area contributed by atoms with Crippen LogP contribution in [0.3, 0.4) is 0 Å². The summed E-state index contributed by atoms with van der Waals surface area (Å²) in [5, 5.41) is 12.4. The quantitative estimate of drug-likeness (QED) is 0.667. The zero-order valence-corrected chi connectivity index (χ0v) is 16.7. The third-order valence-corrected chi connectivity index (χ3v) is 6.08. The largest absolute Gasteiger partial charge is 0.508 e. The number of fused-ring (bicyclic) bond motifs is 2. The molecular weight excluding hydrogens is 380 g/mol. The van der Waals surface area contributed by atoms with Gasteiger partial charge >= 0.3 is 0 Å². The van der Waals surface area contributed by atoms with E-state index in [9.17, 15) is 9.90 Å². The zero-order chi connectivity index (χ0) is 20.5. The lowest BCUT2D eigenvalue weighted by atomic mass is 9.88. The summed E-state index contributed by atoms with van der Waals surface area (Å²) in [6.07, 6.45) is 5.18. The summed E-state index contributed by atoms with van der Waals surface area (Å²) in [6.45, 7) is 3.34. The highest BCUT2D eigenvalue weighted by molar-refractivity contribution is 5.98. The van der Waals surface area contributed by atoms with Crippen molar-refractivity contribution in [2.24, 2.45) is 5.92 Å². The maximum Gasteiger partial charge on any atom is 0.166 e. The fourth-order valence-electron chi connectivity index (χ4n) is 4.39. The van der Waals surface area contributed by atoms with Gasteiger partial charge in [0, 0.05) is 41.4 Å². The molecule has 0 bridgehead atoms. The van der Waals surface area contributed by atoms with Crippen molar-refractivity contribution in [1.82, 2.24) is 9.88 Å². The van der Waals surface area contributed by atoms with Gasteiger partial charge in [-0.15, -0.1) is 0 Å². The molecule has 0 radical (unpaired) electrons. The van der Waals surface area contributed by atoms with Crippen LogP contribution in [-0.2, 0) is 6.54 Å². The number of aromatic hydroxyl groups is 1. The number of phenols is 1. The summed E-state index contributed by atoms with van der Waals surface area (Å²) in [5.41, 5.74) is 1.59. The van der Waals surface area contributed by atoms with Crippen LogP contribution in [0.25, 0.3) is 10.8 Å². The highest BCUT2D eigenvalue weighted by Gasteiger charge is 2.27. The number of piperidine rings is 1. The summed E-state index contributed by atoms with van der Waals surface area (Å²) in [6, 6.07) is 11.1. The topological polar surface area (TPSA) is 71.9 Å². The number of carbonyl (C=O) groups is 1. The minimum atomic E-state index is 0.00610. The van der Waals surface area contributed by atoms with Crippen LogP contribution in [0.15, 0.2) is 48.8 Å². The van der Waals surface area contributed by atoms with Crippen molar-refractivity contribution >= 4 is 16.6 Å². The standard InChI is InChI=1S/C24H24N2O4/c27-21-3-1-16-5-8-25-14-19(16)20(21)15-26-9-6-17(7-10-26)24(28)18-2-4-22-23(13-18)30-12-11-29-22/h1-5,8,13-14,17,27H,6-7,9-12,15H2. The molecule has 6 heteroatoms. The van der Waals surface area contributed by atoms with Crippen LogP contribution in [0, 0.1) is 5.92 Å². The number of phenolic OH excluding ortho intramolecular Hbond substituents is 1. The van der Waals surface area contributed by atoms with E-state index in [1.165, 1.54) is 0 Å². The minimum absolute atomic E-state index is 0.00610. The third-order valence-electron chi connectivity index (χ3n) is 6.08. The van der Waals surface area contributed by atoms with Crippen molar-refractivity contribution in [2.75, 3.05) is 26.3 Å². The minimum Gasteiger partial charge on any atom is -0.508 e. The molecule has 3 aromatic rings. The molecule has 30 heavy (non-hydrogen) atoms. The van der Waals surface area contributed by atoms with Gasteiger partial charge in [-0.2, -0.15) is 0 Å². The first-order valence-electron chi connectivity index (χ1n) is 10.4. The second-order valence-corrected chi connectivity index (χ2v) is 7.93. The summed E-state index contributed by atoms with van der Waals surface area (Å²) in [7, 11) is 0. The number of aromatic nitrogens is 1. The van der Waals surface area contributed by atoms with Crippen LogP contribution in [0.5, 0.6) is 17.2 Å². The number of nitrogens with zero attached hydrogens (tertiary/aromatic N) is 2. The van der Waals surface area contributed by atoms with Gasteiger partial charge < -0.3 is 14.6 Å². The number of ether oxygens (including phenoxy) is 2. The van der Waals surface area contributed by atoms with E-state index in [1.54, 1.807) is 12.3 Å². The maximum atomic E-state index is 13.0. The number of ketones is 1. The first kappa shape index (κ1) is 18.9. The molecule has 0 saturated carbocycles. The Labute approximate surface area is 175 Å². The van der Waals surface area contributed by atoms with Gasteiger partial charge in [0.2, 0.25) is 0 Å². The molecular formula is C24H24N2O4. The number of hydrogen-bond donors (Lipinski definition) is 1. The second-order valence-electron chi connectivity index (χ2n) is 7.93. The predicted octanol–water partition coefficient (Wildman–Crippen LogP) is 3.81. The van der Waals surface area contributed by atoms with Crippen LogP contribution in [-0.4, -0.2) is 47.1 Å². The van der Waals surface area contributed by atoms with Gasteiger partial charge in [0.05, 0.1) is 0 Å². The molecule has 0 atom stereocenters. The predicted molar refractivity (Wildman–Crippen MR) is 113 cm³/mol. The van der Waals surface area contributed by atoms with E-state index in [4.69, 9.17) is 9.47 Å². The molecule has 0 aliphatic carbocycles. The molecule has 0 spiro atoms. The van der Waals surface area contributed by atoms with Gasteiger partial charge in [0.25, 0.3) is 0 Å². The van der Waals surface area contributed by atoms with E-state index >= 15 is 0 Å². The number of likely N-dealkylation sites (tertiary alicyclic amines) is 1. The highest BCUT2D eigenvalue weighted by atomic mass is 16.6. The smallest absolute Gasteiger partial charge is 0.166 e. The van der Waals surface area contributed by atoms with Crippen molar-refractivity contribution in [3.63, 3.8) is 0 Å². The summed E-state index contributed by atoms with van der Waals surface area (Å²) >= 11 is 0. The monoisotopic (exact) mass is 404 g/mol. The average Bonchev–Trinajstić information content (AvgIpc) is 2.80. The van der Waals surface area contributed by atoms with Gasteiger partial charge in [-0.3, -0.25) is 14.7 Å². The van der Waals surface area contributed by atoms with E-state index in [1.807, 2.05) is 36.5 Å². The molecule has 1 aromatic heterocycles. The van der Waals surface area contributed by atoms with Crippen LogP contribution >= 0.6 is 0 Å². The van der Waals surface area contributed by atoms with Gasteiger partial charge in [0.15, 0.2) is 17.3 Å². The first-order valence-corrected chi connectivity index (χ1v) is 10.4. The van der Waals surface area contributed by atoms with Gasteiger partial charge in [-0.25, -0.2) is 0 Å². The second kappa shape index (κ2) is 7.95. The van der Waals surface area contributed by atoms with Crippen LogP contribution in [0.1, 0.15) is 28.8 Å². The lowest BCUT2D eigenvalue weighted by molar-refractivity contribution is 0.0833. The Kier molecular flexibility index (Phi) is 5.01. The van der Waals surface area contributed by atoms with E-state index < -0.39 is 0 Å². The molecule has 0 unspecified atom stereocenters. The maximum absolute atomic E-state index is 13.0. The summed E-state index contributed by atoms with van der Waals surface area (Å²) < 4.78 is 11.2. The molecule has 2 aliphatic heterocycles. The van der Waals surface area contributed by atoms with E-state index in [-0.39, 0.29) is 11.7 Å². The van der Waals surface area contributed by atoms with Crippen molar-refractivity contribution < 1.29 is 19.4 Å². The van der Waals surface area contributed by atoms with Crippen LogP contribution < -0.4 is 9.47 Å². The van der Waals surface area contributed by atoms with Gasteiger partial charge in [0.1, 0.15) is 19.0 Å². The Morgan fingerprint density at radius 3 is 2.70 bits per heavy atom. The molecule has 5 rings (SSSR count). The van der Waals surface area contributed by atoms with Crippen LogP contribution in [0.2, 0.25) is 0 Å².